The Labute approximate surface area is 166 Å². The lowest BCUT2D eigenvalue weighted by atomic mass is 9.97. The molecule has 1 aromatic carbocycles. The number of amides is 2. The predicted molar refractivity (Wildman–Crippen MR) is 105 cm³/mol. The zero-order valence-electron chi connectivity index (χ0n) is 14.7. The van der Waals surface area contributed by atoms with Gasteiger partial charge in [-0.3, -0.25) is 14.5 Å². The van der Waals surface area contributed by atoms with Crippen LogP contribution in [-0.4, -0.2) is 36.3 Å². The van der Waals surface area contributed by atoms with E-state index in [0.29, 0.717) is 12.5 Å². The maximum absolute atomic E-state index is 13.1. The minimum absolute atomic E-state index is 0.109. The number of carbonyl (C=O) groups excluding carboxylic acids is 2. The maximum Gasteiger partial charge on any atom is 0.313 e. The molecule has 0 atom stereocenters. The van der Waals surface area contributed by atoms with Crippen molar-refractivity contribution in [3.05, 3.63) is 51.4 Å². The van der Waals surface area contributed by atoms with Crippen molar-refractivity contribution in [3.63, 3.8) is 0 Å². The summed E-state index contributed by atoms with van der Waals surface area (Å²) in [6.07, 6.45) is 1.97. The maximum atomic E-state index is 13.1. The van der Waals surface area contributed by atoms with Gasteiger partial charge >= 0.3 is 11.8 Å². The van der Waals surface area contributed by atoms with Crippen LogP contribution in [0.15, 0.2) is 35.7 Å². The Balaban J connectivity index is 1.38. The highest BCUT2D eigenvalue weighted by atomic mass is 35.5. The number of hydrogen-bond donors (Lipinski definition) is 2. The summed E-state index contributed by atoms with van der Waals surface area (Å²) in [6, 6.07) is 7.97. The normalized spacial score (nSPS) is 15.5. The fourth-order valence-electron chi connectivity index (χ4n) is 3.05. The van der Waals surface area contributed by atoms with Gasteiger partial charge in [0.05, 0.1) is 5.02 Å². The molecule has 0 spiro atoms. The molecule has 1 fully saturated rings. The molecule has 3 rings (SSSR count). The second-order valence-corrected chi connectivity index (χ2v) is 8.03. The van der Waals surface area contributed by atoms with E-state index in [0.717, 1.165) is 38.5 Å². The molecule has 0 saturated carbocycles. The molecule has 2 heterocycles. The van der Waals surface area contributed by atoms with Gasteiger partial charge in [-0.1, -0.05) is 17.7 Å². The van der Waals surface area contributed by atoms with Gasteiger partial charge in [0.25, 0.3) is 0 Å². The van der Waals surface area contributed by atoms with Crippen molar-refractivity contribution in [1.29, 1.82) is 0 Å². The number of halogens is 2. The Morgan fingerprint density at radius 3 is 2.67 bits per heavy atom. The van der Waals surface area contributed by atoms with Crippen LogP contribution in [0, 0.1) is 11.7 Å². The Kier molecular flexibility index (Phi) is 6.82. The Hall–Kier alpha value is -1.96. The van der Waals surface area contributed by atoms with Crippen molar-refractivity contribution >= 4 is 40.4 Å². The second kappa shape index (κ2) is 9.30. The number of likely N-dealkylation sites (tertiary alicyclic amines) is 1. The lowest BCUT2D eigenvalue weighted by Gasteiger charge is -2.31. The average Bonchev–Trinajstić information content (AvgIpc) is 3.17. The molecule has 0 bridgehead atoms. The molecule has 1 saturated heterocycles. The van der Waals surface area contributed by atoms with Gasteiger partial charge in [-0.15, -0.1) is 11.3 Å². The molecule has 144 valence electrons. The molecule has 1 aliphatic heterocycles. The second-order valence-electron chi connectivity index (χ2n) is 6.59. The highest BCUT2D eigenvalue weighted by molar-refractivity contribution is 7.09. The van der Waals surface area contributed by atoms with Crippen LogP contribution in [-0.2, 0) is 16.1 Å². The molecule has 2 N–H and O–H groups in total. The fourth-order valence-corrected chi connectivity index (χ4v) is 3.98. The van der Waals surface area contributed by atoms with Crippen molar-refractivity contribution in [1.82, 2.24) is 10.2 Å². The Bertz CT molecular complexity index is 792. The SMILES string of the molecule is O=C(NCC1CCN(Cc2cccs2)CC1)C(=O)Nc1ccc(F)c(Cl)c1. The van der Waals surface area contributed by atoms with E-state index in [1.807, 2.05) is 0 Å². The minimum Gasteiger partial charge on any atom is -0.348 e. The van der Waals surface area contributed by atoms with Crippen LogP contribution in [0.4, 0.5) is 10.1 Å². The van der Waals surface area contributed by atoms with Crippen LogP contribution < -0.4 is 10.6 Å². The smallest absolute Gasteiger partial charge is 0.313 e. The van der Waals surface area contributed by atoms with Crippen LogP contribution in [0.3, 0.4) is 0 Å². The molecule has 0 unspecified atom stereocenters. The number of carbonyl (C=O) groups is 2. The molecule has 1 aliphatic rings. The summed E-state index contributed by atoms with van der Waals surface area (Å²) in [5, 5.41) is 7.08. The van der Waals surface area contributed by atoms with Gasteiger partial charge in [-0.25, -0.2) is 4.39 Å². The number of piperidine rings is 1. The highest BCUT2D eigenvalue weighted by Crippen LogP contribution is 2.21. The van der Waals surface area contributed by atoms with E-state index in [-0.39, 0.29) is 10.7 Å². The third-order valence-corrected chi connectivity index (χ3v) is 5.75. The van der Waals surface area contributed by atoms with Crippen molar-refractivity contribution < 1.29 is 14.0 Å². The number of thiophene rings is 1. The molecular weight excluding hydrogens is 389 g/mol. The third kappa shape index (κ3) is 5.76. The average molecular weight is 410 g/mol. The van der Waals surface area contributed by atoms with Crippen molar-refractivity contribution in [3.8, 4) is 0 Å². The standard InChI is InChI=1S/C19H21ClFN3O2S/c20-16-10-14(3-4-17(16)21)23-19(26)18(25)22-11-13-5-7-24(8-6-13)12-15-2-1-9-27-15/h1-4,9-10,13H,5-8,11-12H2,(H,22,25)(H,23,26). The summed E-state index contributed by atoms with van der Waals surface area (Å²) in [7, 11) is 0. The molecule has 0 aliphatic carbocycles. The molecule has 1 aromatic heterocycles. The number of nitrogens with zero attached hydrogens (tertiary/aromatic N) is 1. The lowest BCUT2D eigenvalue weighted by molar-refractivity contribution is -0.136. The summed E-state index contributed by atoms with van der Waals surface area (Å²) < 4.78 is 13.1. The summed E-state index contributed by atoms with van der Waals surface area (Å²) in [5.74, 6) is -1.70. The molecule has 2 aromatic rings. The molecule has 8 heteroatoms. The highest BCUT2D eigenvalue weighted by Gasteiger charge is 2.21. The van der Waals surface area contributed by atoms with Gasteiger partial charge in [0.15, 0.2) is 0 Å². The van der Waals surface area contributed by atoms with Crippen molar-refractivity contribution in [2.75, 3.05) is 25.0 Å². The summed E-state index contributed by atoms with van der Waals surface area (Å²) in [4.78, 5) is 27.7. The van der Waals surface area contributed by atoms with E-state index in [4.69, 9.17) is 11.6 Å². The Morgan fingerprint density at radius 1 is 1.22 bits per heavy atom. The molecular formula is C19H21ClFN3O2S. The molecule has 0 radical (unpaired) electrons. The topological polar surface area (TPSA) is 61.4 Å². The monoisotopic (exact) mass is 409 g/mol. The van der Waals surface area contributed by atoms with Crippen LogP contribution in [0.2, 0.25) is 5.02 Å². The van der Waals surface area contributed by atoms with Crippen molar-refractivity contribution in [2.45, 2.75) is 19.4 Å². The first kappa shape index (κ1) is 19.8. The van der Waals surface area contributed by atoms with E-state index < -0.39 is 17.6 Å². The van der Waals surface area contributed by atoms with Crippen LogP contribution in [0.25, 0.3) is 0 Å². The molecule has 5 nitrogen and oxygen atoms in total. The first-order chi connectivity index (χ1) is 13.0. The lowest BCUT2D eigenvalue weighted by Crippen LogP contribution is -2.41. The first-order valence-corrected chi connectivity index (χ1v) is 10.1. The summed E-state index contributed by atoms with van der Waals surface area (Å²) in [6.45, 7) is 3.42. The summed E-state index contributed by atoms with van der Waals surface area (Å²) in [5.41, 5.74) is 0.281. The van der Waals surface area contributed by atoms with E-state index in [1.165, 1.54) is 17.0 Å². The zero-order valence-corrected chi connectivity index (χ0v) is 16.3. The molecule has 27 heavy (non-hydrogen) atoms. The Morgan fingerprint density at radius 2 is 2.00 bits per heavy atom. The van der Waals surface area contributed by atoms with Gasteiger partial charge in [0.1, 0.15) is 5.82 Å². The number of nitrogens with one attached hydrogen (secondary N) is 2. The van der Waals surface area contributed by atoms with E-state index in [2.05, 4.69) is 33.0 Å². The third-order valence-electron chi connectivity index (χ3n) is 4.60. The number of rotatable bonds is 5. The van der Waals surface area contributed by atoms with Crippen LogP contribution >= 0.6 is 22.9 Å². The van der Waals surface area contributed by atoms with E-state index >= 15 is 0 Å². The zero-order chi connectivity index (χ0) is 19.2. The van der Waals surface area contributed by atoms with Gasteiger partial charge in [0, 0.05) is 23.7 Å². The van der Waals surface area contributed by atoms with Gasteiger partial charge in [-0.05, 0) is 61.5 Å². The van der Waals surface area contributed by atoms with Crippen LogP contribution in [0.5, 0.6) is 0 Å². The van der Waals surface area contributed by atoms with E-state index in [1.54, 1.807) is 11.3 Å². The van der Waals surface area contributed by atoms with Crippen molar-refractivity contribution in [2.24, 2.45) is 5.92 Å². The summed E-state index contributed by atoms with van der Waals surface area (Å²) >= 11 is 7.43. The van der Waals surface area contributed by atoms with Gasteiger partial charge < -0.3 is 10.6 Å². The molecule has 2 amide bonds. The van der Waals surface area contributed by atoms with Gasteiger partial charge in [0.2, 0.25) is 0 Å². The minimum atomic E-state index is -0.784. The quantitative estimate of drug-likeness (QED) is 0.743. The largest absolute Gasteiger partial charge is 0.348 e. The number of hydrogen-bond acceptors (Lipinski definition) is 4. The number of benzene rings is 1. The predicted octanol–water partition coefficient (Wildman–Crippen LogP) is 3.51. The fraction of sp³-hybridized carbons (Fsp3) is 0.368. The van der Waals surface area contributed by atoms with Crippen LogP contribution in [0.1, 0.15) is 17.7 Å². The van der Waals surface area contributed by atoms with E-state index in [9.17, 15) is 14.0 Å². The number of anilines is 1. The van der Waals surface area contributed by atoms with Gasteiger partial charge in [-0.2, -0.15) is 0 Å². The first-order valence-electron chi connectivity index (χ1n) is 8.80.